The largest absolute Gasteiger partial charge is 0.489 e. The fourth-order valence-corrected chi connectivity index (χ4v) is 8.87. The molecule has 1 N–H and O–H groups in total. The van der Waals surface area contributed by atoms with Gasteiger partial charge in [-0.25, -0.2) is 0 Å². The topological polar surface area (TPSA) is 92.7 Å². The number of rotatable bonds is 28. The highest BCUT2D eigenvalue weighted by atomic mass is 16.7. The molecule has 2 heterocycles. The molecule has 72 heavy (non-hydrogen) atoms. The van der Waals surface area contributed by atoms with Crippen LogP contribution in [-0.4, -0.2) is 48.9 Å². The molecular weight excluding hydrogens is 897 g/mol. The molecule has 8 nitrogen and oxygen atoms in total. The van der Waals surface area contributed by atoms with E-state index in [1.165, 1.54) is 32.1 Å². The molecule has 0 saturated carbocycles. The number of hydrogen-bond acceptors (Lipinski definition) is 8. The van der Waals surface area contributed by atoms with Gasteiger partial charge < -0.3 is 33.5 Å². The standard InChI is InChI=1S/C32H42O4.C32H40O4/c2*1-3-5-7-18-27(36-32-23-12-13-24-34-32)19-10-11-21-30(33)28-20-14-22-31(29(28)15-4-2)35-25-26-16-8-6-9-17-26/h4,6,8-9,14,16-17,20,22,27,30,32-33H,2-3,5,7,10,12-13,15,18-19,23-25H2,1H3;4,6,8-9,14,16-17,20,22,27,32H,2-3,5,7,10,12-13,15,18-19,23-25H2,1H3/t27-,30-,32?;27-,32?/m00/s1. The fraction of sp³-hybridized carbons (Fsp3) is 0.484. The third kappa shape index (κ3) is 21.3. The summed E-state index contributed by atoms with van der Waals surface area (Å²) in [6.07, 6.45) is 22.6. The van der Waals surface area contributed by atoms with Crippen molar-refractivity contribution in [3.05, 3.63) is 156 Å². The molecule has 0 aliphatic carbocycles. The first-order valence-corrected chi connectivity index (χ1v) is 26.9. The van der Waals surface area contributed by atoms with Gasteiger partial charge in [-0.1, -0.05) is 155 Å². The number of aliphatic hydroxyl groups is 1. The van der Waals surface area contributed by atoms with Gasteiger partial charge in [0.1, 0.15) is 30.8 Å². The Morgan fingerprint density at radius 1 is 0.639 bits per heavy atom. The first kappa shape index (κ1) is 57.5. The Bertz CT molecular complexity index is 2270. The highest BCUT2D eigenvalue weighted by molar-refractivity contribution is 6.10. The second-order valence-electron chi connectivity index (χ2n) is 18.7. The number of allylic oxidation sites excluding steroid dienone is 2. The van der Waals surface area contributed by atoms with Crippen LogP contribution in [0.1, 0.15) is 174 Å². The van der Waals surface area contributed by atoms with Crippen molar-refractivity contribution in [3.63, 3.8) is 0 Å². The van der Waals surface area contributed by atoms with Gasteiger partial charge in [-0.05, 0) is 118 Å². The SMILES string of the molecule is C=CCc1c(OCc2ccccc2)cccc1C(=O)C#CCC[C@H](CCCCC)OC1CCCCO1.C=CCc1c(OCc2ccccc2)cccc1[C@@H](O)C#CCC[C@H](CCCCC)OC1CCCCO1. The summed E-state index contributed by atoms with van der Waals surface area (Å²) in [5.41, 5.74) is 5.30. The summed E-state index contributed by atoms with van der Waals surface area (Å²) < 4.78 is 36.3. The van der Waals surface area contributed by atoms with E-state index in [1.54, 1.807) is 6.08 Å². The Morgan fingerprint density at radius 2 is 1.15 bits per heavy atom. The lowest BCUT2D eigenvalue weighted by molar-refractivity contribution is -0.190. The number of Topliss-reactive ketones (excluding diaryl/α,β-unsaturated/α-hetero) is 1. The number of ether oxygens (including phenoxy) is 6. The average molecular weight is 979 g/mol. The molecule has 4 aromatic carbocycles. The molecule has 0 bridgehead atoms. The number of unbranched alkanes of at least 4 members (excludes halogenated alkanes) is 4. The normalized spacial score (nSPS) is 16.5. The molecule has 2 aliphatic heterocycles. The molecule has 4 aromatic rings. The van der Waals surface area contributed by atoms with Crippen LogP contribution in [0.3, 0.4) is 0 Å². The smallest absolute Gasteiger partial charge is 0.236 e. The minimum absolute atomic E-state index is 0.0796. The summed E-state index contributed by atoms with van der Waals surface area (Å²) in [6, 6.07) is 31.4. The lowest BCUT2D eigenvalue weighted by Gasteiger charge is -2.27. The number of benzene rings is 4. The van der Waals surface area contributed by atoms with Crippen molar-refractivity contribution in [1.29, 1.82) is 0 Å². The summed E-state index contributed by atoms with van der Waals surface area (Å²) in [5.74, 6) is 13.5. The third-order valence-electron chi connectivity index (χ3n) is 12.9. The summed E-state index contributed by atoms with van der Waals surface area (Å²) >= 11 is 0. The Kier molecular flexibility index (Phi) is 27.8. The molecule has 5 atom stereocenters. The maximum atomic E-state index is 13.0. The van der Waals surface area contributed by atoms with Crippen molar-refractivity contribution in [3.8, 4) is 35.2 Å². The number of ketones is 1. The second kappa shape index (κ2) is 34.8. The van der Waals surface area contributed by atoms with Gasteiger partial charge in [-0.2, -0.15) is 0 Å². The molecule has 0 radical (unpaired) electrons. The summed E-state index contributed by atoms with van der Waals surface area (Å²) in [6.45, 7) is 14.7. The molecule has 0 aromatic heterocycles. The van der Waals surface area contributed by atoms with Crippen molar-refractivity contribution in [2.75, 3.05) is 13.2 Å². The average Bonchev–Trinajstić information content (AvgIpc) is 3.41. The van der Waals surface area contributed by atoms with Crippen LogP contribution >= 0.6 is 0 Å². The molecule has 0 amide bonds. The molecule has 0 spiro atoms. The van der Waals surface area contributed by atoms with Crippen LogP contribution < -0.4 is 9.47 Å². The van der Waals surface area contributed by atoms with Crippen LogP contribution in [0.4, 0.5) is 0 Å². The van der Waals surface area contributed by atoms with Crippen LogP contribution in [-0.2, 0) is 45.0 Å². The fourth-order valence-electron chi connectivity index (χ4n) is 8.87. The number of hydrogen-bond donors (Lipinski definition) is 1. The van der Waals surface area contributed by atoms with Crippen molar-refractivity contribution in [2.24, 2.45) is 0 Å². The Labute approximate surface area is 432 Å². The zero-order valence-corrected chi connectivity index (χ0v) is 43.5. The molecule has 8 heteroatoms. The maximum Gasteiger partial charge on any atom is 0.236 e. The molecule has 2 aliphatic rings. The van der Waals surface area contributed by atoms with Gasteiger partial charge in [0.05, 0.1) is 12.2 Å². The van der Waals surface area contributed by atoms with Crippen LogP contribution in [0.5, 0.6) is 11.5 Å². The molecule has 6 rings (SSSR count). The van der Waals surface area contributed by atoms with Gasteiger partial charge in [0, 0.05) is 42.7 Å². The van der Waals surface area contributed by atoms with E-state index in [-0.39, 0.29) is 30.6 Å². The summed E-state index contributed by atoms with van der Waals surface area (Å²) in [4.78, 5) is 13.0. The van der Waals surface area contributed by atoms with Crippen molar-refractivity contribution < 1.29 is 38.3 Å². The lowest BCUT2D eigenvalue weighted by atomic mass is 9.98. The van der Waals surface area contributed by atoms with E-state index in [2.05, 4.69) is 50.7 Å². The lowest BCUT2D eigenvalue weighted by Crippen LogP contribution is -2.28. The van der Waals surface area contributed by atoms with E-state index in [1.807, 2.05) is 103 Å². The van der Waals surface area contributed by atoms with E-state index in [0.29, 0.717) is 50.2 Å². The predicted octanol–water partition coefficient (Wildman–Crippen LogP) is 14.8. The van der Waals surface area contributed by atoms with Crippen molar-refractivity contribution >= 4 is 5.78 Å². The number of aliphatic hydroxyl groups excluding tert-OH is 1. The van der Waals surface area contributed by atoms with Gasteiger partial charge in [-0.15, -0.1) is 19.1 Å². The number of carbonyl (C=O) groups excluding carboxylic acids is 1. The summed E-state index contributed by atoms with van der Waals surface area (Å²) in [5, 5.41) is 10.9. The minimum Gasteiger partial charge on any atom is -0.489 e. The van der Waals surface area contributed by atoms with E-state index in [9.17, 15) is 9.90 Å². The maximum absolute atomic E-state index is 13.0. The van der Waals surface area contributed by atoms with E-state index in [0.717, 1.165) is 117 Å². The van der Waals surface area contributed by atoms with Crippen LogP contribution in [0.15, 0.2) is 122 Å². The highest BCUT2D eigenvalue weighted by Gasteiger charge is 2.22. The van der Waals surface area contributed by atoms with Crippen molar-refractivity contribution in [1.82, 2.24) is 0 Å². The Morgan fingerprint density at radius 3 is 1.67 bits per heavy atom. The first-order valence-electron chi connectivity index (χ1n) is 26.9. The Hall–Kier alpha value is -5.45. The molecule has 386 valence electrons. The van der Waals surface area contributed by atoms with E-state index >= 15 is 0 Å². The zero-order chi connectivity index (χ0) is 50.9. The van der Waals surface area contributed by atoms with Crippen molar-refractivity contribution in [2.45, 2.75) is 186 Å². The predicted molar refractivity (Wildman–Crippen MR) is 291 cm³/mol. The minimum atomic E-state index is -0.874. The quantitative estimate of drug-likeness (QED) is 0.0198. The monoisotopic (exact) mass is 979 g/mol. The molecule has 2 fully saturated rings. The van der Waals surface area contributed by atoms with E-state index in [4.69, 9.17) is 28.4 Å². The molecule has 2 saturated heterocycles. The van der Waals surface area contributed by atoms with Gasteiger partial charge in [0.25, 0.3) is 0 Å². The molecular formula is C64H82O8. The summed E-state index contributed by atoms with van der Waals surface area (Å²) in [7, 11) is 0. The van der Waals surface area contributed by atoms with Crippen LogP contribution in [0.25, 0.3) is 0 Å². The van der Waals surface area contributed by atoms with E-state index < -0.39 is 6.10 Å². The van der Waals surface area contributed by atoms with Crippen LogP contribution in [0, 0.1) is 23.7 Å². The van der Waals surface area contributed by atoms with Crippen LogP contribution in [0.2, 0.25) is 0 Å². The number of carbonyl (C=O) groups is 1. The molecule has 2 unspecified atom stereocenters. The van der Waals surface area contributed by atoms with Gasteiger partial charge in [-0.3, -0.25) is 4.79 Å². The first-order chi connectivity index (χ1) is 35.4. The van der Waals surface area contributed by atoms with Gasteiger partial charge >= 0.3 is 0 Å². The second-order valence-corrected chi connectivity index (χ2v) is 18.7. The zero-order valence-electron chi connectivity index (χ0n) is 43.5. The third-order valence-corrected chi connectivity index (χ3v) is 12.9. The van der Waals surface area contributed by atoms with Gasteiger partial charge in [0.15, 0.2) is 12.6 Å². The highest BCUT2D eigenvalue weighted by Crippen LogP contribution is 2.30. The van der Waals surface area contributed by atoms with Gasteiger partial charge in [0.2, 0.25) is 5.78 Å². The Balaban J connectivity index is 0.000000267.